The maximum absolute atomic E-state index is 9.94. The summed E-state index contributed by atoms with van der Waals surface area (Å²) in [5.74, 6) is 0. The molecule has 0 aliphatic carbocycles. The third-order valence-corrected chi connectivity index (χ3v) is 1.90. The van der Waals surface area contributed by atoms with Crippen molar-refractivity contribution < 1.29 is 10.2 Å². The van der Waals surface area contributed by atoms with Gasteiger partial charge in [-0.2, -0.15) is 0 Å². The number of hydrogen-bond donors (Lipinski definition) is 2. The first-order chi connectivity index (χ1) is 5.68. The lowest BCUT2D eigenvalue weighted by Crippen LogP contribution is -2.25. The van der Waals surface area contributed by atoms with E-state index in [4.69, 9.17) is 5.11 Å². The lowest BCUT2D eigenvalue weighted by molar-refractivity contribution is 0.0699. The molecule has 0 amide bonds. The lowest BCUT2D eigenvalue weighted by Gasteiger charge is -2.23. The Morgan fingerprint density at radius 1 is 1.17 bits per heavy atom. The largest absolute Gasteiger partial charge is 0.392 e. The average Bonchev–Trinajstić information content (AvgIpc) is 2.02. The smallest absolute Gasteiger partial charge is 0.0828 e. The molecule has 0 heterocycles. The van der Waals surface area contributed by atoms with Crippen LogP contribution in [0.4, 0.5) is 0 Å². The molecule has 0 aromatic carbocycles. The van der Waals surface area contributed by atoms with Crippen LogP contribution in [-0.2, 0) is 0 Å². The molecule has 2 N–H and O–H groups in total. The van der Waals surface area contributed by atoms with E-state index in [1.165, 1.54) is 0 Å². The van der Waals surface area contributed by atoms with Crippen LogP contribution < -0.4 is 0 Å². The number of hydrogen-bond acceptors (Lipinski definition) is 2. The fourth-order valence-electron chi connectivity index (χ4n) is 1.43. The monoisotopic (exact) mass is 172 g/mol. The number of aliphatic hydroxyl groups excluding tert-OH is 1. The number of rotatable bonds is 6. The molecule has 0 saturated carbocycles. The summed E-state index contributed by atoms with van der Waals surface area (Å²) in [4.78, 5) is 0. The van der Waals surface area contributed by atoms with Gasteiger partial charge in [-0.1, -0.05) is 38.8 Å². The summed E-state index contributed by atoms with van der Waals surface area (Å²) < 4.78 is 0. The highest BCUT2D eigenvalue weighted by atomic mass is 16.3. The van der Waals surface area contributed by atoms with E-state index in [-0.39, 0.29) is 6.61 Å². The van der Waals surface area contributed by atoms with Gasteiger partial charge in [-0.3, -0.25) is 0 Å². The summed E-state index contributed by atoms with van der Waals surface area (Å²) >= 11 is 0. The first-order valence-corrected chi connectivity index (χ1v) is 4.69. The fraction of sp³-hybridized carbons (Fsp3) is 0.800. The summed E-state index contributed by atoms with van der Waals surface area (Å²) in [6.45, 7) is 4.11. The quantitative estimate of drug-likeness (QED) is 0.600. The Morgan fingerprint density at radius 2 is 1.67 bits per heavy atom. The minimum Gasteiger partial charge on any atom is -0.392 e. The summed E-state index contributed by atoms with van der Waals surface area (Å²) in [5.41, 5.74) is -0.688. The zero-order valence-corrected chi connectivity index (χ0v) is 8.08. The summed E-state index contributed by atoms with van der Waals surface area (Å²) in [5, 5.41) is 18.5. The van der Waals surface area contributed by atoms with Crippen LogP contribution in [0.2, 0.25) is 0 Å². The van der Waals surface area contributed by atoms with Crippen LogP contribution in [-0.4, -0.2) is 22.4 Å². The molecule has 0 radical (unpaired) electrons. The third kappa shape index (κ3) is 4.52. The van der Waals surface area contributed by atoms with Crippen LogP contribution in [0.25, 0.3) is 0 Å². The SMILES string of the molecule is CCCC(O)(/C=C\CO)CCC. The molecule has 72 valence electrons. The Kier molecular flexibility index (Phi) is 6.03. The van der Waals surface area contributed by atoms with E-state index in [9.17, 15) is 5.11 Å². The van der Waals surface area contributed by atoms with E-state index in [2.05, 4.69) is 0 Å². The van der Waals surface area contributed by atoms with Gasteiger partial charge in [-0.25, -0.2) is 0 Å². The molecule has 0 aromatic heterocycles. The van der Waals surface area contributed by atoms with Crippen molar-refractivity contribution in [2.24, 2.45) is 0 Å². The Balaban J connectivity index is 4.06. The minimum atomic E-state index is -0.688. The van der Waals surface area contributed by atoms with Gasteiger partial charge in [-0.15, -0.1) is 0 Å². The van der Waals surface area contributed by atoms with E-state index in [1.54, 1.807) is 12.2 Å². The normalized spacial score (nSPS) is 12.7. The van der Waals surface area contributed by atoms with Gasteiger partial charge in [0.25, 0.3) is 0 Å². The van der Waals surface area contributed by atoms with Gasteiger partial charge in [0.2, 0.25) is 0 Å². The minimum absolute atomic E-state index is 0.00966. The van der Waals surface area contributed by atoms with Crippen molar-refractivity contribution in [1.29, 1.82) is 0 Å². The molecule has 0 bridgehead atoms. The lowest BCUT2D eigenvalue weighted by atomic mass is 9.92. The van der Waals surface area contributed by atoms with Crippen molar-refractivity contribution in [2.45, 2.75) is 45.1 Å². The molecule has 0 aromatic rings. The highest BCUT2D eigenvalue weighted by molar-refractivity contribution is 5.00. The van der Waals surface area contributed by atoms with Crippen molar-refractivity contribution in [3.05, 3.63) is 12.2 Å². The third-order valence-electron chi connectivity index (χ3n) is 1.90. The Morgan fingerprint density at radius 3 is 2.00 bits per heavy atom. The molecule has 0 unspecified atom stereocenters. The summed E-state index contributed by atoms with van der Waals surface area (Å²) in [6.07, 6.45) is 6.82. The van der Waals surface area contributed by atoms with Crippen LogP contribution in [0.5, 0.6) is 0 Å². The Bertz CT molecular complexity index is 124. The second kappa shape index (κ2) is 6.21. The Labute approximate surface area is 74.9 Å². The van der Waals surface area contributed by atoms with E-state index in [0.717, 1.165) is 25.7 Å². The van der Waals surface area contributed by atoms with Gasteiger partial charge in [0.1, 0.15) is 0 Å². The highest BCUT2D eigenvalue weighted by Gasteiger charge is 2.20. The number of aliphatic hydroxyl groups is 2. The second-order valence-electron chi connectivity index (χ2n) is 3.19. The van der Waals surface area contributed by atoms with Crippen LogP contribution in [0.1, 0.15) is 39.5 Å². The zero-order chi connectivity index (χ0) is 9.45. The van der Waals surface area contributed by atoms with Crippen molar-refractivity contribution in [2.75, 3.05) is 6.61 Å². The van der Waals surface area contributed by atoms with Gasteiger partial charge in [-0.05, 0) is 12.8 Å². The standard InChI is InChI=1S/C10H20O2/c1-3-6-10(12,7-4-2)8-5-9-11/h5,8,11-12H,3-4,6-7,9H2,1-2H3/b8-5-. The van der Waals surface area contributed by atoms with Crippen molar-refractivity contribution in [3.63, 3.8) is 0 Å². The van der Waals surface area contributed by atoms with Crippen LogP contribution in [0.15, 0.2) is 12.2 Å². The maximum atomic E-state index is 9.94. The molecule has 0 fully saturated rings. The topological polar surface area (TPSA) is 40.5 Å². The van der Waals surface area contributed by atoms with E-state index in [1.807, 2.05) is 13.8 Å². The predicted molar refractivity (Wildman–Crippen MR) is 51.0 cm³/mol. The van der Waals surface area contributed by atoms with E-state index < -0.39 is 5.60 Å². The molecule has 0 spiro atoms. The van der Waals surface area contributed by atoms with Gasteiger partial charge in [0.15, 0.2) is 0 Å². The molecule has 0 aliphatic heterocycles. The average molecular weight is 172 g/mol. The molecule has 2 nitrogen and oxygen atoms in total. The Hall–Kier alpha value is -0.340. The van der Waals surface area contributed by atoms with Crippen molar-refractivity contribution in [3.8, 4) is 0 Å². The molecular weight excluding hydrogens is 152 g/mol. The van der Waals surface area contributed by atoms with E-state index in [0.29, 0.717) is 0 Å². The highest BCUT2D eigenvalue weighted by Crippen LogP contribution is 2.20. The van der Waals surface area contributed by atoms with Crippen LogP contribution >= 0.6 is 0 Å². The van der Waals surface area contributed by atoms with Gasteiger partial charge in [0.05, 0.1) is 12.2 Å². The molecule has 0 aliphatic rings. The maximum Gasteiger partial charge on any atom is 0.0828 e. The van der Waals surface area contributed by atoms with Gasteiger partial charge in [0, 0.05) is 0 Å². The first kappa shape index (κ1) is 11.7. The molecule has 12 heavy (non-hydrogen) atoms. The van der Waals surface area contributed by atoms with Crippen LogP contribution in [0, 0.1) is 0 Å². The first-order valence-electron chi connectivity index (χ1n) is 4.69. The van der Waals surface area contributed by atoms with Crippen molar-refractivity contribution in [1.82, 2.24) is 0 Å². The molecule has 0 atom stereocenters. The molecular formula is C10H20O2. The zero-order valence-electron chi connectivity index (χ0n) is 8.08. The molecule has 0 saturated heterocycles. The predicted octanol–water partition coefficient (Wildman–Crippen LogP) is 1.87. The fourth-order valence-corrected chi connectivity index (χ4v) is 1.43. The van der Waals surface area contributed by atoms with Gasteiger partial charge < -0.3 is 10.2 Å². The van der Waals surface area contributed by atoms with Crippen LogP contribution in [0.3, 0.4) is 0 Å². The summed E-state index contributed by atoms with van der Waals surface area (Å²) in [6, 6.07) is 0. The second-order valence-corrected chi connectivity index (χ2v) is 3.19. The van der Waals surface area contributed by atoms with Gasteiger partial charge >= 0.3 is 0 Å². The van der Waals surface area contributed by atoms with Crippen molar-refractivity contribution >= 4 is 0 Å². The summed E-state index contributed by atoms with van der Waals surface area (Å²) in [7, 11) is 0. The molecule has 0 rings (SSSR count). The molecule has 2 heteroatoms. The van der Waals surface area contributed by atoms with E-state index >= 15 is 0 Å².